The van der Waals surface area contributed by atoms with E-state index in [1.165, 1.54) is 27.9 Å². The Morgan fingerprint density at radius 2 is 1.67 bits per heavy atom. The van der Waals surface area contributed by atoms with Crippen LogP contribution in [0.1, 0.15) is 62.9 Å². The molecule has 0 N–H and O–H groups in total. The van der Waals surface area contributed by atoms with Crippen LogP contribution in [0, 0.1) is 0 Å². The Morgan fingerprint density at radius 1 is 1.00 bits per heavy atom. The number of nitrogens with zero attached hydrogens (tertiary/aromatic N) is 4. The van der Waals surface area contributed by atoms with Gasteiger partial charge >= 0.3 is 18.2 Å². The summed E-state index contributed by atoms with van der Waals surface area (Å²) in [5.74, 6) is -0.182. The third kappa shape index (κ3) is 7.03. The summed E-state index contributed by atoms with van der Waals surface area (Å²) in [6.45, 7) is 10.9. The van der Waals surface area contributed by atoms with Crippen LogP contribution in [0.2, 0.25) is 0 Å². The molecule has 0 aliphatic heterocycles. The smallest absolute Gasteiger partial charge is 0.420 e. The first kappa shape index (κ1) is 27.1. The highest BCUT2D eigenvalue weighted by Gasteiger charge is 2.28. The van der Waals surface area contributed by atoms with Crippen LogP contribution in [0.25, 0.3) is 11.0 Å². The van der Waals surface area contributed by atoms with E-state index in [1.807, 2.05) is 12.1 Å². The van der Waals surface area contributed by atoms with Crippen molar-refractivity contribution >= 4 is 40.5 Å². The molecule has 0 fully saturated rings. The third-order valence-electron chi connectivity index (χ3n) is 4.73. The molecule has 2 aromatic heterocycles. The van der Waals surface area contributed by atoms with Crippen LogP contribution in [0.4, 0.5) is 9.59 Å². The van der Waals surface area contributed by atoms with Gasteiger partial charge in [-0.15, -0.1) is 11.3 Å². The fraction of sp³-hybridized carbons (Fsp3) is 0.480. The first-order valence-electron chi connectivity index (χ1n) is 11.5. The van der Waals surface area contributed by atoms with E-state index >= 15 is 0 Å². The largest absolute Gasteiger partial charge is 0.464 e. The Balaban J connectivity index is 1.92. The fourth-order valence-electron chi connectivity index (χ4n) is 3.28. The number of methoxy groups -OCH3 is 1. The number of carbonyl (C=O) groups is 3. The Hall–Kier alpha value is -3.47. The van der Waals surface area contributed by atoms with Gasteiger partial charge in [-0.25, -0.2) is 28.9 Å². The van der Waals surface area contributed by atoms with E-state index in [-0.39, 0.29) is 18.8 Å². The first-order valence-corrected chi connectivity index (χ1v) is 12.4. The van der Waals surface area contributed by atoms with E-state index in [0.29, 0.717) is 28.3 Å². The molecule has 194 valence electrons. The second-order valence-corrected chi connectivity index (χ2v) is 11.0. The van der Waals surface area contributed by atoms with Crippen molar-refractivity contribution in [3.8, 4) is 0 Å². The van der Waals surface area contributed by atoms with Crippen molar-refractivity contribution < 1.29 is 28.6 Å². The lowest BCUT2D eigenvalue weighted by atomic mass is 10.2. The molecule has 0 saturated carbocycles. The number of carbonyl (C=O) groups excluding carboxylic acids is 3. The lowest BCUT2D eigenvalue weighted by Crippen LogP contribution is -2.39. The van der Waals surface area contributed by atoms with Gasteiger partial charge in [-0.05, 0) is 53.7 Å². The molecule has 0 unspecified atom stereocenters. The van der Waals surface area contributed by atoms with Crippen molar-refractivity contribution in [2.45, 2.75) is 65.7 Å². The number of esters is 1. The van der Waals surface area contributed by atoms with Crippen LogP contribution in [0.3, 0.4) is 0 Å². The first-order chi connectivity index (χ1) is 16.8. The molecule has 1 aromatic carbocycles. The van der Waals surface area contributed by atoms with Gasteiger partial charge in [0, 0.05) is 18.3 Å². The van der Waals surface area contributed by atoms with Crippen LogP contribution >= 0.6 is 11.3 Å². The minimum Gasteiger partial charge on any atom is -0.464 e. The molecular weight excluding hydrogens is 484 g/mol. The zero-order valence-electron chi connectivity index (χ0n) is 21.7. The van der Waals surface area contributed by atoms with E-state index < -0.39 is 29.4 Å². The second-order valence-electron chi connectivity index (χ2n) is 10.1. The van der Waals surface area contributed by atoms with Crippen LogP contribution in [0.15, 0.2) is 29.6 Å². The number of imidazole rings is 1. The van der Waals surface area contributed by atoms with E-state index in [0.717, 1.165) is 0 Å². The van der Waals surface area contributed by atoms with Crippen LogP contribution in [-0.4, -0.2) is 62.4 Å². The molecule has 0 saturated heterocycles. The molecule has 3 rings (SSSR count). The number of rotatable bonds is 6. The number of fused-ring (bicyclic) bond motifs is 1. The number of ether oxygens (including phenoxy) is 3. The predicted octanol–water partition coefficient (Wildman–Crippen LogP) is 5.04. The number of hydrogen-bond donors (Lipinski definition) is 0. The maximum Gasteiger partial charge on any atom is 0.420 e. The van der Waals surface area contributed by atoms with Crippen LogP contribution in [0.5, 0.6) is 0 Å². The Bertz CT molecular complexity index is 1250. The summed E-state index contributed by atoms with van der Waals surface area (Å²) in [5.41, 5.74) is -0.0428. The average molecular weight is 517 g/mol. The van der Waals surface area contributed by atoms with Crippen LogP contribution < -0.4 is 0 Å². The third-order valence-corrected chi connectivity index (χ3v) is 5.64. The van der Waals surface area contributed by atoms with Gasteiger partial charge in [0.2, 0.25) is 0 Å². The summed E-state index contributed by atoms with van der Waals surface area (Å²) in [6.07, 6.45) is -0.777. The second kappa shape index (κ2) is 10.7. The average Bonchev–Trinajstić information content (AvgIpc) is 3.38. The van der Waals surface area contributed by atoms with Crippen molar-refractivity contribution in [2.75, 3.05) is 13.7 Å². The molecule has 1 amide bonds. The SMILES string of the molecule is COC(=O)c1csc(CCN(Cc2nc3ccccc3n2C(=O)OC(C)(C)C)C(=O)OC(C)(C)C)n1. The highest BCUT2D eigenvalue weighted by molar-refractivity contribution is 7.09. The van der Waals surface area contributed by atoms with Gasteiger partial charge in [-0.2, -0.15) is 0 Å². The van der Waals surface area contributed by atoms with Gasteiger partial charge in [0.1, 0.15) is 17.0 Å². The van der Waals surface area contributed by atoms with Crippen molar-refractivity contribution in [1.82, 2.24) is 19.4 Å². The summed E-state index contributed by atoms with van der Waals surface area (Å²) < 4.78 is 17.3. The van der Waals surface area contributed by atoms with E-state index in [9.17, 15) is 14.4 Å². The summed E-state index contributed by atoms with van der Waals surface area (Å²) in [7, 11) is 1.29. The molecule has 2 heterocycles. The van der Waals surface area contributed by atoms with Gasteiger partial charge < -0.3 is 19.1 Å². The van der Waals surface area contributed by atoms with Crippen molar-refractivity contribution in [3.63, 3.8) is 0 Å². The van der Waals surface area contributed by atoms with Gasteiger partial charge in [-0.1, -0.05) is 12.1 Å². The number of para-hydroxylation sites is 2. The molecule has 0 spiro atoms. The topological polar surface area (TPSA) is 113 Å². The maximum atomic E-state index is 13.1. The number of aromatic nitrogens is 3. The van der Waals surface area contributed by atoms with Crippen molar-refractivity contribution in [3.05, 3.63) is 46.2 Å². The lowest BCUT2D eigenvalue weighted by molar-refractivity contribution is 0.0222. The normalized spacial score (nSPS) is 11.9. The molecule has 3 aromatic rings. The molecule has 0 bridgehead atoms. The highest BCUT2D eigenvalue weighted by atomic mass is 32.1. The summed E-state index contributed by atoms with van der Waals surface area (Å²) in [5, 5.41) is 2.27. The molecule has 0 radical (unpaired) electrons. The maximum absolute atomic E-state index is 13.1. The van der Waals surface area contributed by atoms with E-state index in [2.05, 4.69) is 9.97 Å². The Labute approximate surface area is 214 Å². The van der Waals surface area contributed by atoms with Gasteiger partial charge in [0.25, 0.3) is 0 Å². The molecule has 11 heteroatoms. The Kier molecular flexibility index (Phi) is 8.02. The van der Waals surface area contributed by atoms with E-state index in [1.54, 1.807) is 59.1 Å². The molecule has 10 nitrogen and oxygen atoms in total. The minimum absolute atomic E-state index is 0.00191. The van der Waals surface area contributed by atoms with E-state index in [4.69, 9.17) is 14.2 Å². The number of hydrogen-bond acceptors (Lipinski definition) is 9. The number of amides is 1. The summed E-state index contributed by atoms with van der Waals surface area (Å²) in [6, 6.07) is 7.20. The van der Waals surface area contributed by atoms with Gasteiger partial charge in [0.05, 0.1) is 29.7 Å². The zero-order chi connectivity index (χ0) is 26.7. The Morgan fingerprint density at radius 3 is 2.31 bits per heavy atom. The predicted molar refractivity (Wildman–Crippen MR) is 135 cm³/mol. The van der Waals surface area contributed by atoms with Crippen LogP contribution in [-0.2, 0) is 27.2 Å². The van der Waals surface area contributed by atoms with Crippen molar-refractivity contribution in [1.29, 1.82) is 0 Å². The van der Waals surface area contributed by atoms with Gasteiger partial charge in [0.15, 0.2) is 5.69 Å². The number of thiazole rings is 1. The molecular formula is C25H32N4O6S. The molecule has 36 heavy (non-hydrogen) atoms. The van der Waals surface area contributed by atoms with Gasteiger partial charge in [-0.3, -0.25) is 0 Å². The summed E-state index contributed by atoms with van der Waals surface area (Å²) in [4.78, 5) is 48.4. The van der Waals surface area contributed by atoms with Crippen molar-refractivity contribution in [2.24, 2.45) is 0 Å². The lowest BCUT2D eigenvalue weighted by Gasteiger charge is -2.27. The summed E-state index contributed by atoms with van der Waals surface area (Å²) >= 11 is 1.30. The fourth-order valence-corrected chi connectivity index (χ4v) is 4.04. The molecule has 0 atom stereocenters. The molecule has 0 aliphatic carbocycles. The quantitative estimate of drug-likeness (QED) is 0.331. The number of benzene rings is 1. The monoisotopic (exact) mass is 516 g/mol. The minimum atomic E-state index is -0.722. The standard InChI is InChI=1S/C25H32N4O6S/c1-24(2,3)34-22(31)28(13-12-20-27-17(15-36-20)21(30)33-7)14-19-26-16-10-8-9-11-18(16)29(19)23(32)35-25(4,5)6/h8-11,15H,12-14H2,1-7H3. The highest BCUT2D eigenvalue weighted by Crippen LogP contribution is 2.22. The molecule has 0 aliphatic rings. The zero-order valence-corrected chi connectivity index (χ0v) is 22.5.